The van der Waals surface area contributed by atoms with E-state index in [9.17, 15) is 18.0 Å². The molecule has 0 atom stereocenters. The standard InChI is InChI=1S/C17H21F3N6O2/c1-16(2,3)23-15(27)26-8-6-25(7-9-26)12-5-4-11(10-21-12)13-22-14(28-24-13)17(18,19)20/h4-5,10H,6-9H2,1-3H3,(H,23,27). The lowest BCUT2D eigenvalue weighted by Crippen LogP contribution is -2.55. The maximum absolute atomic E-state index is 12.6. The normalized spacial score (nSPS) is 15.6. The molecule has 11 heteroatoms. The van der Waals surface area contributed by atoms with Gasteiger partial charge in [-0.3, -0.25) is 0 Å². The van der Waals surface area contributed by atoms with Crippen molar-refractivity contribution < 1.29 is 22.5 Å². The SMILES string of the molecule is CC(C)(C)NC(=O)N1CCN(c2ccc(-c3noc(C(F)(F)F)n3)cn2)CC1. The molecule has 152 valence electrons. The molecule has 0 saturated carbocycles. The summed E-state index contributed by atoms with van der Waals surface area (Å²) in [6.45, 7) is 8.07. The predicted octanol–water partition coefficient (Wildman–Crippen LogP) is 2.78. The summed E-state index contributed by atoms with van der Waals surface area (Å²) in [7, 11) is 0. The van der Waals surface area contributed by atoms with E-state index in [1.54, 1.807) is 17.0 Å². The molecule has 3 heterocycles. The number of amides is 2. The third-order valence-corrected chi connectivity index (χ3v) is 4.05. The van der Waals surface area contributed by atoms with Crippen molar-refractivity contribution in [3.63, 3.8) is 0 Å². The van der Waals surface area contributed by atoms with E-state index in [1.807, 2.05) is 25.7 Å². The van der Waals surface area contributed by atoms with Gasteiger partial charge in [0.25, 0.3) is 0 Å². The summed E-state index contributed by atoms with van der Waals surface area (Å²) in [6, 6.07) is 3.17. The zero-order valence-electron chi connectivity index (χ0n) is 15.7. The highest BCUT2D eigenvalue weighted by atomic mass is 19.4. The van der Waals surface area contributed by atoms with Gasteiger partial charge in [0.15, 0.2) is 0 Å². The zero-order chi connectivity index (χ0) is 20.5. The fraction of sp³-hybridized carbons (Fsp3) is 0.529. The number of aromatic nitrogens is 3. The van der Waals surface area contributed by atoms with Crippen molar-refractivity contribution in [2.24, 2.45) is 0 Å². The minimum absolute atomic E-state index is 0.104. The van der Waals surface area contributed by atoms with Gasteiger partial charge >= 0.3 is 18.1 Å². The van der Waals surface area contributed by atoms with E-state index in [2.05, 4.69) is 25.0 Å². The number of carbonyl (C=O) groups is 1. The van der Waals surface area contributed by atoms with Crippen LogP contribution in [-0.2, 0) is 6.18 Å². The summed E-state index contributed by atoms with van der Waals surface area (Å²) in [5.74, 6) is -0.898. The van der Waals surface area contributed by atoms with Gasteiger partial charge in [0.05, 0.1) is 0 Å². The lowest BCUT2D eigenvalue weighted by atomic mass is 10.1. The largest absolute Gasteiger partial charge is 0.471 e. The van der Waals surface area contributed by atoms with E-state index >= 15 is 0 Å². The minimum Gasteiger partial charge on any atom is -0.353 e. The van der Waals surface area contributed by atoms with Gasteiger partial charge < -0.3 is 19.6 Å². The Morgan fingerprint density at radius 3 is 2.32 bits per heavy atom. The number of rotatable bonds is 2. The molecule has 2 amide bonds. The summed E-state index contributed by atoms with van der Waals surface area (Å²) in [6.07, 6.45) is -3.28. The average Bonchev–Trinajstić information content (AvgIpc) is 3.11. The van der Waals surface area contributed by atoms with Crippen molar-refractivity contribution in [2.75, 3.05) is 31.1 Å². The molecule has 2 aromatic heterocycles. The van der Waals surface area contributed by atoms with Crippen LogP contribution in [0.1, 0.15) is 26.7 Å². The molecule has 1 aliphatic heterocycles. The summed E-state index contributed by atoms with van der Waals surface area (Å²) < 4.78 is 41.9. The first-order valence-electron chi connectivity index (χ1n) is 8.72. The molecule has 1 aliphatic rings. The van der Waals surface area contributed by atoms with Crippen LogP contribution in [0.3, 0.4) is 0 Å². The van der Waals surface area contributed by atoms with E-state index in [1.165, 1.54) is 6.20 Å². The van der Waals surface area contributed by atoms with Crippen LogP contribution in [-0.4, -0.2) is 57.8 Å². The van der Waals surface area contributed by atoms with Crippen LogP contribution in [0.4, 0.5) is 23.8 Å². The Morgan fingerprint density at radius 2 is 1.82 bits per heavy atom. The van der Waals surface area contributed by atoms with Crippen molar-refractivity contribution in [3.05, 3.63) is 24.2 Å². The highest BCUT2D eigenvalue weighted by Crippen LogP contribution is 2.29. The van der Waals surface area contributed by atoms with Crippen LogP contribution in [0.15, 0.2) is 22.9 Å². The Kier molecular flexibility index (Phi) is 5.18. The van der Waals surface area contributed by atoms with Gasteiger partial charge in [-0.1, -0.05) is 5.16 Å². The van der Waals surface area contributed by atoms with Crippen LogP contribution in [0, 0.1) is 0 Å². The van der Waals surface area contributed by atoms with Crippen molar-refractivity contribution >= 4 is 11.8 Å². The molecule has 0 aliphatic carbocycles. The number of hydrogen-bond acceptors (Lipinski definition) is 6. The fourth-order valence-corrected chi connectivity index (χ4v) is 2.70. The minimum atomic E-state index is -4.68. The lowest BCUT2D eigenvalue weighted by Gasteiger charge is -2.36. The number of piperazine rings is 1. The van der Waals surface area contributed by atoms with E-state index < -0.39 is 12.1 Å². The molecule has 0 bridgehead atoms. The van der Waals surface area contributed by atoms with Crippen LogP contribution in [0.5, 0.6) is 0 Å². The van der Waals surface area contributed by atoms with E-state index in [-0.39, 0.29) is 17.4 Å². The van der Waals surface area contributed by atoms with Gasteiger partial charge in [0.1, 0.15) is 5.82 Å². The van der Waals surface area contributed by atoms with E-state index in [4.69, 9.17) is 0 Å². The molecule has 0 radical (unpaired) electrons. The van der Waals surface area contributed by atoms with Gasteiger partial charge in [-0.2, -0.15) is 18.2 Å². The Balaban J connectivity index is 1.61. The van der Waals surface area contributed by atoms with Crippen molar-refractivity contribution in [1.29, 1.82) is 0 Å². The predicted molar refractivity (Wildman–Crippen MR) is 94.6 cm³/mol. The fourth-order valence-electron chi connectivity index (χ4n) is 2.70. The Labute approximate surface area is 159 Å². The topological polar surface area (TPSA) is 87.4 Å². The molecule has 3 rings (SSSR count). The first-order chi connectivity index (χ1) is 13.0. The average molecular weight is 398 g/mol. The van der Waals surface area contributed by atoms with Crippen LogP contribution in [0.2, 0.25) is 0 Å². The molecular formula is C17H21F3N6O2. The van der Waals surface area contributed by atoms with Gasteiger partial charge in [0.2, 0.25) is 5.82 Å². The Hall–Kier alpha value is -2.85. The number of anilines is 1. The molecule has 8 nitrogen and oxygen atoms in total. The molecular weight excluding hydrogens is 377 g/mol. The number of carbonyl (C=O) groups excluding carboxylic acids is 1. The van der Waals surface area contributed by atoms with Gasteiger partial charge in [0, 0.05) is 43.5 Å². The first kappa shape index (κ1) is 19.9. The van der Waals surface area contributed by atoms with Crippen molar-refractivity contribution in [2.45, 2.75) is 32.5 Å². The van der Waals surface area contributed by atoms with E-state index in [0.29, 0.717) is 37.6 Å². The van der Waals surface area contributed by atoms with Gasteiger partial charge in [-0.05, 0) is 32.9 Å². The monoisotopic (exact) mass is 398 g/mol. The third kappa shape index (κ3) is 4.70. The highest BCUT2D eigenvalue weighted by Gasteiger charge is 2.38. The number of nitrogens with zero attached hydrogens (tertiary/aromatic N) is 5. The molecule has 1 N–H and O–H groups in total. The quantitative estimate of drug-likeness (QED) is 0.837. The second-order valence-corrected chi connectivity index (χ2v) is 7.48. The van der Waals surface area contributed by atoms with Crippen molar-refractivity contribution in [3.8, 4) is 11.4 Å². The Morgan fingerprint density at radius 1 is 1.14 bits per heavy atom. The van der Waals surface area contributed by atoms with Crippen LogP contribution in [0.25, 0.3) is 11.4 Å². The number of nitrogens with one attached hydrogen (secondary N) is 1. The third-order valence-electron chi connectivity index (χ3n) is 4.05. The molecule has 2 aromatic rings. The molecule has 0 unspecified atom stereocenters. The number of halogens is 3. The number of pyridine rings is 1. The summed E-state index contributed by atoms with van der Waals surface area (Å²) in [5, 5.41) is 6.27. The van der Waals surface area contributed by atoms with Gasteiger partial charge in [-0.15, -0.1) is 0 Å². The molecule has 1 fully saturated rings. The summed E-state index contributed by atoms with van der Waals surface area (Å²) in [4.78, 5) is 23.6. The maximum Gasteiger partial charge on any atom is 0.471 e. The second kappa shape index (κ2) is 7.28. The molecule has 0 aromatic carbocycles. The number of alkyl halides is 3. The van der Waals surface area contributed by atoms with Crippen LogP contribution >= 0.6 is 0 Å². The molecule has 0 spiro atoms. The zero-order valence-corrected chi connectivity index (χ0v) is 15.7. The van der Waals surface area contributed by atoms with Crippen LogP contribution < -0.4 is 10.2 Å². The van der Waals surface area contributed by atoms with E-state index in [0.717, 1.165) is 0 Å². The number of urea groups is 1. The second-order valence-electron chi connectivity index (χ2n) is 7.48. The summed E-state index contributed by atoms with van der Waals surface area (Å²) >= 11 is 0. The lowest BCUT2D eigenvalue weighted by molar-refractivity contribution is -0.159. The van der Waals surface area contributed by atoms with Gasteiger partial charge in [-0.25, -0.2) is 9.78 Å². The highest BCUT2D eigenvalue weighted by molar-refractivity contribution is 5.75. The molecule has 1 saturated heterocycles. The molecule has 28 heavy (non-hydrogen) atoms. The summed E-state index contributed by atoms with van der Waals surface area (Å²) in [5.41, 5.74) is 0.0263. The smallest absolute Gasteiger partial charge is 0.353 e. The Bertz CT molecular complexity index is 821. The number of hydrogen-bond donors (Lipinski definition) is 1. The first-order valence-corrected chi connectivity index (χ1v) is 8.72. The van der Waals surface area contributed by atoms with Crippen molar-refractivity contribution in [1.82, 2.24) is 25.3 Å². The maximum atomic E-state index is 12.6.